The highest BCUT2D eigenvalue weighted by Crippen LogP contribution is 2.40. The Hall–Kier alpha value is -0.0400. The maximum Gasteiger partial charge on any atom is 0.0125 e. The number of hydrogen-bond acceptors (Lipinski definition) is 1. The third-order valence-electron chi connectivity index (χ3n) is 3.50. The van der Waals surface area contributed by atoms with Crippen LogP contribution in [0.15, 0.2) is 0 Å². The highest BCUT2D eigenvalue weighted by Gasteiger charge is 2.43. The monoisotopic (exact) mass is 169 g/mol. The molecule has 0 unspecified atom stereocenters. The Balaban J connectivity index is 2.45. The first-order valence-electron chi connectivity index (χ1n) is 5.18. The normalized spacial score (nSPS) is 23.8. The molecule has 0 aromatic heterocycles. The first kappa shape index (κ1) is 10.0. The van der Waals surface area contributed by atoms with Crippen molar-refractivity contribution in [3.63, 3.8) is 0 Å². The van der Waals surface area contributed by atoms with Crippen molar-refractivity contribution < 1.29 is 0 Å². The van der Waals surface area contributed by atoms with Crippen molar-refractivity contribution in [2.75, 3.05) is 13.1 Å². The second kappa shape index (κ2) is 3.02. The van der Waals surface area contributed by atoms with E-state index in [-0.39, 0.29) is 0 Å². The minimum absolute atomic E-state index is 0.383. The number of likely N-dealkylation sites (tertiary alicyclic amines) is 1. The van der Waals surface area contributed by atoms with Gasteiger partial charge in [-0.15, -0.1) is 0 Å². The molecule has 1 heterocycles. The molecule has 0 N–H and O–H groups in total. The van der Waals surface area contributed by atoms with E-state index in [1.807, 2.05) is 0 Å². The Morgan fingerprint density at radius 3 is 1.75 bits per heavy atom. The average Bonchev–Trinajstić information content (AvgIpc) is 1.85. The van der Waals surface area contributed by atoms with Crippen LogP contribution >= 0.6 is 0 Å². The summed E-state index contributed by atoms with van der Waals surface area (Å²) in [7, 11) is 0. The van der Waals surface area contributed by atoms with Gasteiger partial charge in [-0.25, -0.2) is 0 Å². The molecule has 0 aliphatic carbocycles. The van der Waals surface area contributed by atoms with Crippen LogP contribution in [-0.4, -0.2) is 23.5 Å². The fraction of sp³-hybridized carbons (Fsp3) is 1.00. The van der Waals surface area contributed by atoms with Gasteiger partial charge < -0.3 is 0 Å². The third-order valence-corrected chi connectivity index (χ3v) is 3.50. The first-order chi connectivity index (χ1) is 5.43. The molecule has 0 aromatic carbocycles. The van der Waals surface area contributed by atoms with Crippen molar-refractivity contribution in [2.45, 2.75) is 53.0 Å². The summed E-state index contributed by atoms with van der Waals surface area (Å²) in [6.45, 7) is 14.2. The number of rotatable bonds is 2. The summed E-state index contributed by atoms with van der Waals surface area (Å²) in [5, 5.41) is 0. The van der Waals surface area contributed by atoms with Crippen molar-refractivity contribution in [3.05, 3.63) is 0 Å². The van der Waals surface area contributed by atoms with Crippen LogP contribution in [0.25, 0.3) is 0 Å². The minimum atomic E-state index is 0.383. The molecule has 1 heteroatoms. The van der Waals surface area contributed by atoms with Crippen LogP contribution in [0.1, 0.15) is 47.5 Å². The highest BCUT2D eigenvalue weighted by atomic mass is 15.3. The van der Waals surface area contributed by atoms with E-state index in [1.54, 1.807) is 0 Å². The van der Waals surface area contributed by atoms with E-state index in [1.165, 1.54) is 25.9 Å². The number of nitrogens with zero attached hydrogens (tertiary/aromatic N) is 1. The van der Waals surface area contributed by atoms with Crippen molar-refractivity contribution in [1.82, 2.24) is 4.90 Å². The van der Waals surface area contributed by atoms with Crippen LogP contribution < -0.4 is 0 Å². The van der Waals surface area contributed by atoms with Crippen LogP contribution in [-0.2, 0) is 0 Å². The molecule has 0 radical (unpaired) electrons. The molecule has 0 saturated carbocycles. The van der Waals surface area contributed by atoms with E-state index in [9.17, 15) is 0 Å². The van der Waals surface area contributed by atoms with E-state index < -0.39 is 0 Å². The molecule has 1 aliphatic heterocycles. The summed E-state index contributed by atoms with van der Waals surface area (Å²) in [4.78, 5) is 2.58. The quantitative estimate of drug-likeness (QED) is 0.614. The second-order valence-corrected chi connectivity index (χ2v) is 5.23. The molecule has 1 fully saturated rings. The molecule has 12 heavy (non-hydrogen) atoms. The van der Waals surface area contributed by atoms with Gasteiger partial charge in [0.1, 0.15) is 0 Å². The molecular formula is C11H23N. The van der Waals surface area contributed by atoms with Crippen molar-refractivity contribution in [3.8, 4) is 0 Å². The lowest BCUT2D eigenvalue weighted by Gasteiger charge is -2.55. The summed E-state index contributed by atoms with van der Waals surface area (Å²) in [6, 6.07) is 0. The summed E-state index contributed by atoms with van der Waals surface area (Å²) < 4.78 is 0. The average molecular weight is 169 g/mol. The molecule has 0 atom stereocenters. The summed E-state index contributed by atoms with van der Waals surface area (Å²) >= 11 is 0. The molecule has 1 aliphatic rings. The third kappa shape index (κ3) is 1.66. The van der Waals surface area contributed by atoms with Crippen LogP contribution in [0.3, 0.4) is 0 Å². The van der Waals surface area contributed by atoms with Gasteiger partial charge in [0.05, 0.1) is 0 Å². The van der Waals surface area contributed by atoms with E-state index in [2.05, 4.69) is 39.5 Å². The zero-order chi connectivity index (χ0) is 9.41. The molecule has 1 rings (SSSR count). The fourth-order valence-corrected chi connectivity index (χ4v) is 1.93. The zero-order valence-electron chi connectivity index (χ0n) is 9.28. The van der Waals surface area contributed by atoms with Gasteiger partial charge in [0.2, 0.25) is 0 Å². The maximum absolute atomic E-state index is 2.58. The molecule has 0 spiro atoms. The Morgan fingerprint density at radius 1 is 1.08 bits per heavy atom. The van der Waals surface area contributed by atoms with Gasteiger partial charge in [0.15, 0.2) is 0 Å². The predicted molar refractivity (Wildman–Crippen MR) is 54.3 cm³/mol. The molecule has 1 nitrogen and oxygen atoms in total. The standard InChI is InChI=1S/C11H23N/c1-6-11(7-2)8-12(9-11)10(3,4)5/h6-9H2,1-5H3. The van der Waals surface area contributed by atoms with Crippen molar-refractivity contribution in [1.29, 1.82) is 0 Å². The van der Waals surface area contributed by atoms with Crippen molar-refractivity contribution in [2.24, 2.45) is 5.41 Å². The molecule has 72 valence electrons. The molecule has 0 bridgehead atoms. The van der Waals surface area contributed by atoms with Crippen LogP contribution in [0.5, 0.6) is 0 Å². The van der Waals surface area contributed by atoms with Gasteiger partial charge >= 0.3 is 0 Å². The summed E-state index contributed by atoms with van der Waals surface area (Å²) in [5.74, 6) is 0. The van der Waals surface area contributed by atoms with E-state index in [0.29, 0.717) is 11.0 Å². The Morgan fingerprint density at radius 2 is 1.50 bits per heavy atom. The minimum Gasteiger partial charge on any atom is -0.297 e. The van der Waals surface area contributed by atoms with Crippen LogP contribution in [0.4, 0.5) is 0 Å². The fourth-order valence-electron chi connectivity index (χ4n) is 1.93. The van der Waals surface area contributed by atoms with Crippen LogP contribution in [0.2, 0.25) is 0 Å². The van der Waals surface area contributed by atoms with Gasteiger partial charge in [-0.2, -0.15) is 0 Å². The van der Waals surface area contributed by atoms with E-state index in [0.717, 1.165) is 0 Å². The lowest BCUT2D eigenvalue weighted by Crippen LogP contribution is -2.62. The van der Waals surface area contributed by atoms with Gasteiger partial charge in [-0.3, -0.25) is 4.90 Å². The topological polar surface area (TPSA) is 3.24 Å². The van der Waals surface area contributed by atoms with Crippen LogP contribution in [0, 0.1) is 5.41 Å². The Kier molecular flexibility index (Phi) is 2.53. The number of hydrogen-bond donors (Lipinski definition) is 0. The lowest BCUT2D eigenvalue weighted by molar-refractivity contribution is -0.0632. The van der Waals surface area contributed by atoms with E-state index >= 15 is 0 Å². The Labute approximate surface area is 77.1 Å². The molecule has 0 aromatic rings. The first-order valence-corrected chi connectivity index (χ1v) is 5.18. The molecular weight excluding hydrogens is 146 g/mol. The SMILES string of the molecule is CCC1(CC)CN(C(C)(C)C)C1. The lowest BCUT2D eigenvalue weighted by atomic mass is 9.73. The van der Waals surface area contributed by atoms with E-state index in [4.69, 9.17) is 0 Å². The largest absolute Gasteiger partial charge is 0.297 e. The van der Waals surface area contributed by atoms with Gasteiger partial charge in [0, 0.05) is 18.6 Å². The molecule has 1 saturated heterocycles. The van der Waals surface area contributed by atoms with Gasteiger partial charge in [-0.05, 0) is 39.0 Å². The Bertz CT molecular complexity index is 143. The second-order valence-electron chi connectivity index (χ2n) is 5.23. The zero-order valence-corrected chi connectivity index (χ0v) is 9.28. The van der Waals surface area contributed by atoms with Crippen molar-refractivity contribution >= 4 is 0 Å². The predicted octanol–water partition coefficient (Wildman–Crippen LogP) is 2.91. The van der Waals surface area contributed by atoms with Gasteiger partial charge in [0.25, 0.3) is 0 Å². The summed E-state index contributed by atoms with van der Waals surface area (Å²) in [6.07, 6.45) is 2.69. The highest BCUT2D eigenvalue weighted by molar-refractivity contribution is 4.97. The smallest absolute Gasteiger partial charge is 0.0125 e. The maximum atomic E-state index is 2.58. The summed E-state index contributed by atoms with van der Waals surface area (Å²) in [5.41, 5.74) is 1.04. The van der Waals surface area contributed by atoms with Gasteiger partial charge in [-0.1, -0.05) is 13.8 Å². The molecule has 0 amide bonds.